The Hall–Kier alpha value is -2.49. The Labute approximate surface area is 109 Å². The van der Waals surface area contributed by atoms with Gasteiger partial charge in [0.15, 0.2) is 5.78 Å². The lowest BCUT2D eigenvalue weighted by Crippen LogP contribution is -2.09. The maximum atomic E-state index is 13.1. The van der Waals surface area contributed by atoms with Crippen molar-refractivity contribution in [3.05, 3.63) is 66.2 Å². The maximum absolute atomic E-state index is 13.1. The Kier molecular flexibility index (Phi) is 2.83. The van der Waals surface area contributed by atoms with Crippen LogP contribution in [0.5, 0.6) is 0 Å². The summed E-state index contributed by atoms with van der Waals surface area (Å²) in [6.07, 6.45) is 1.63. The number of imidazole rings is 1. The van der Waals surface area contributed by atoms with Crippen LogP contribution in [0.25, 0.3) is 11.0 Å². The molecule has 0 aliphatic rings. The van der Waals surface area contributed by atoms with E-state index in [-0.39, 0.29) is 12.3 Å². The van der Waals surface area contributed by atoms with E-state index in [4.69, 9.17) is 0 Å². The number of fused-ring (bicyclic) bond motifs is 1. The number of rotatable bonds is 3. The number of aromatic nitrogens is 2. The van der Waals surface area contributed by atoms with Crippen LogP contribution in [0.3, 0.4) is 0 Å². The fourth-order valence-corrected chi connectivity index (χ4v) is 2.04. The first kappa shape index (κ1) is 11.6. The van der Waals surface area contributed by atoms with Gasteiger partial charge in [0.2, 0.25) is 0 Å². The third-order valence-electron chi connectivity index (χ3n) is 2.99. The summed E-state index contributed by atoms with van der Waals surface area (Å²) in [6, 6.07) is 13.3. The van der Waals surface area contributed by atoms with Crippen molar-refractivity contribution in [3.63, 3.8) is 0 Å². The second kappa shape index (κ2) is 4.65. The normalized spacial score (nSPS) is 10.8. The molecule has 1 aromatic heterocycles. The zero-order chi connectivity index (χ0) is 13.2. The van der Waals surface area contributed by atoms with Crippen LogP contribution in [0.1, 0.15) is 10.4 Å². The summed E-state index contributed by atoms with van der Waals surface area (Å²) in [4.78, 5) is 16.3. The van der Waals surface area contributed by atoms with Crippen LogP contribution in [0.4, 0.5) is 4.39 Å². The highest BCUT2D eigenvalue weighted by Crippen LogP contribution is 2.13. The molecule has 0 bridgehead atoms. The van der Waals surface area contributed by atoms with E-state index in [0.29, 0.717) is 5.56 Å². The first-order chi connectivity index (χ1) is 9.24. The molecule has 19 heavy (non-hydrogen) atoms. The predicted molar refractivity (Wildman–Crippen MR) is 70.5 cm³/mol. The molecule has 0 unspecified atom stereocenters. The monoisotopic (exact) mass is 254 g/mol. The Morgan fingerprint density at radius 3 is 2.84 bits per heavy atom. The lowest BCUT2D eigenvalue weighted by molar-refractivity contribution is 0.0973. The minimum absolute atomic E-state index is 0.136. The average Bonchev–Trinajstić information content (AvgIpc) is 2.82. The van der Waals surface area contributed by atoms with E-state index in [9.17, 15) is 9.18 Å². The number of Topliss-reactive ketones (excluding diaryl/α,β-unsaturated/α-hetero) is 1. The molecule has 0 amide bonds. The number of hydrogen-bond donors (Lipinski definition) is 0. The van der Waals surface area contributed by atoms with Crippen LogP contribution < -0.4 is 0 Å². The molecule has 3 aromatic rings. The molecule has 0 saturated carbocycles. The van der Waals surface area contributed by atoms with Gasteiger partial charge < -0.3 is 4.57 Å². The number of para-hydroxylation sites is 2. The van der Waals surface area contributed by atoms with Crippen molar-refractivity contribution in [2.45, 2.75) is 6.54 Å². The zero-order valence-electron chi connectivity index (χ0n) is 10.1. The minimum atomic E-state index is -0.402. The number of nitrogens with zero attached hydrogens (tertiary/aromatic N) is 2. The SMILES string of the molecule is O=C(Cn1cnc2ccccc21)c1cccc(F)c1. The third-order valence-corrected chi connectivity index (χ3v) is 2.99. The molecule has 4 heteroatoms. The van der Waals surface area contributed by atoms with E-state index < -0.39 is 5.82 Å². The summed E-state index contributed by atoms with van der Waals surface area (Å²) in [6.45, 7) is 0.157. The van der Waals surface area contributed by atoms with Crippen LogP contribution in [0.2, 0.25) is 0 Å². The van der Waals surface area contributed by atoms with Gasteiger partial charge >= 0.3 is 0 Å². The van der Waals surface area contributed by atoms with E-state index in [1.807, 2.05) is 24.3 Å². The molecule has 0 fully saturated rings. The molecule has 2 aromatic carbocycles. The van der Waals surface area contributed by atoms with E-state index in [0.717, 1.165) is 11.0 Å². The Morgan fingerprint density at radius 2 is 2.00 bits per heavy atom. The van der Waals surface area contributed by atoms with Gasteiger partial charge in [-0.25, -0.2) is 9.37 Å². The van der Waals surface area contributed by atoms with Crippen molar-refractivity contribution in [1.29, 1.82) is 0 Å². The molecular formula is C15H11FN2O. The summed E-state index contributed by atoms with van der Waals surface area (Å²) in [5, 5.41) is 0. The quantitative estimate of drug-likeness (QED) is 0.673. The van der Waals surface area contributed by atoms with Crippen LogP contribution in [0, 0.1) is 5.82 Å². The highest BCUT2D eigenvalue weighted by molar-refractivity contribution is 5.96. The second-order valence-corrected chi connectivity index (χ2v) is 4.29. The Bertz CT molecular complexity index is 748. The topological polar surface area (TPSA) is 34.9 Å². The summed E-state index contributed by atoms with van der Waals surface area (Å²) >= 11 is 0. The number of hydrogen-bond acceptors (Lipinski definition) is 2. The number of carbonyl (C=O) groups is 1. The van der Waals surface area contributed by atoms with E-state index in [1.165, 1.54) is 18.2 Å². The molecule has 0 saturated heterocycles. The molecule has 0 aliphatic heterocycles. The van der Waals surface area contributed by atoms with Crippen molar-refractivity contribution in [2.24, 2.45) is 0 Å². The smallest absolute Gasteiger partial charge is 0.182 e. The van der Waals surface area contributed by atoms with Crippen molar-refractivity contribution < 1.29 is 9.18 Å². The highest BCUT2D eigenvalue weighted by Gasteiger charge is 2.09. The second-order valence-electron chi connectivity index (χ2n) is 4.29. The molecule has 0 atom stereocenters. The lowest BCUT2D eigenvalue weighted by Gasteiger charge is -2.04. The van der Waals surface area contributed by atoms with Gasteiger partial charge in [-0.3, -0.25) is 4.79 Å². The van der Waals surface area contributed by atoms with Gasteiger partial charge in [0.25, 0.3) is 0 Å². The van der Waals surface area contributed by atoms with Gasteiger partial charge in [-0.2, -0.15) is 0 Å². The van der Waals surface area contributed by atoms with Gasteiger partial charge in [-0.1, -0.05) is 24.3 Å². The van der Waals surface area contributed by atoms with Gasteiger partial charge in [0.05, 0.1) is 23.9 Å². The fraction of sp³-hybridized carbons (Fsp3) is 0.0667. The molecular weight excluding hydrogens is 243 g/mol. The van der Waals surface area contributed by atoms with Gasteiger partial charge in [0, 0.05) is 5.56 Å². The summed E-state index contributed by atoms with van der Waals surface area (Å²) in [7, 11) is 0. The molecule has 0 N–H and O–H groups in total. The number of ketones is 1. The molecule has 1 heterocycles. The fourth-order valence-electron chi connectivity index (χ4n) is 2.04. The van der Waals surface area contributed by atoms with Crippen LogP contribution >= 0.6 is 0 Å². The predicted octanol–water partition coefficient (Wildman–Crippen LogP) is 3.06. The lowest BCUT2D eigenvalue weighted by atomic mass is 10.1. The van der Waals surface area contributed by atoms with Crippen LogP contribution in [0.15, 0.2) is 54.9 Å². The number of halogens is 1. The highest BCUT2D eigenvalue weighted by atomic mass is 19.1. The van der Waals surface area contributed by atoms with E-state index in [2.05, 4.69) is 4.98 Å². The van der Waals surface area contributed by atoms with Crippen molar-refractivity contribution >= 4 is 16.8 Å². The molecule has 3 nitrogen and oxygen atoms in total. The number of carbonyl (C=O) groups excluding carboxylic acids is 1. The van der Waals surface area contributed by atoms with E-state index >= 15 is 0 Å². The molecule has 0 radical (unpaired) electrons. The van der Waals surface area contributed by atoms with Gasteiger partial charge in [-0.15, -0.1) is 0 Å². The van der Waals surface area contributed by atoms with Crippen molar-refractivity contribution in [3.8, 4) is 0 Å². The largest absolute Gasteiger partial charge is 0.323 e. The summed E-state index contributed by atoms with van der Waals surface area (Å²) in [5.41, 5.74) is 2.11. The van der Waals surface area contributed by atoms with Crippen LogP contribution in [-0.4, -0.2) is 15.3 Å². The zero-order valence-corrected chi connectivity index (χ0v) is 10.1. The van der Waals surface area contributed by atoms with Crippen LogP contribution in [-0.2, 0) is 6.54 Å². The maximum Gasteiger partial charge on any atom is 0.182 e. The average molecular weight is 254 g/mol. The summed E-state index contributed by atoms with van der Waals surface area (Å²) in [5.74, 6) is -0.538. The minimum Gasteiger partial charge on any atom is -0.323 e. The third kappa shape index (κ3) is 2.25. The first-order valence-corrected chi connectivity index (χ1v) is 5.93. The molecule has 0 spiro atoms. The Balaban J connectivity index is 1.91. The van der Waals surface area contributed by atoms with Crippen molar-refractivity contribution in [2.75, 3.05) is 0 Å². The summed E-state index contributed by atoms with van der Waals surface area (Å²) < 4.78 is 14.9. The molecule has 0 aliphatic carbocycles. The first-order valence-electron chi connectivity index (χ1n) is 5.93. The standard InChI is InChI=1S/C15H11FN2O/c16-12-5-3-4-11(8-12)15(19)9-18-10-17-13-6-1-2-7-14(13)18/h1-8,10H,9H2. The van der Waals surface area contributed by atoms with E-state index in [1.54, 1.807) is 17.0 Å². The van der Waals surface area contributed by atoms with Crippen molar-refractivity contribution in [1.82, 2.24) is 9.55 Å². The molecule has 3 rings (SSSR count). The van der Waals surface area contributed by atoms with Gasteiger partial charge in [0.1, 0.15) is 5.82 Å². The number of benzene rings is 2. The Morgan fingerprint density at radius 1 is 1.16 bits per heavy atom. The molecule has 94 valence electrons. The van der Waals surface area contributed by atoms with Gasteiger partial charge in [-0.05, 0) is 24.3 Å².